The average Bonchev–Trinajstić information content (AvgIpc) is 2.21. The molecule has 1 heteroatoms. The van der Waals surface area contributed by atoms with Crippen molar-refractivity contribution < 1.29 is 0 Å². The van der Waals surface area contributed by atoms with Crippen molar-refractivity contribution in [2.75, 3.05) is 5.88 Å². The summed E-state index contributed by atoms with van der Waals surface area (Å²) in [5.74, 6) is 0.806. The van der Waals surface area contributed by atoms with E-state index in [1.165, 1.54) is 38.5 Å². The highest BCUT2D eigenvalue weighted by atomic mass is 35.5. The summed E-state index contributed by atoms with van der Waals surface area (Å²) < 4.78 is 0. The number of hydrogen-bond acceptors (Lipinski definition) is 0. The van der Waals surface area contributed by atoms with Crippen molar-refractivity contribution >= 4 is 11.6 Å². The molecule has 14 heavy (non-hydrogen) atoms. The Hall–Kier alpha value is -0.230. The molecule has 0 aromatic rings. The lowest BCUT2D eigenvalue weighted by Crippen LogP contribution is -1.75. The largest absolute Gasteiger partial charge is 0.127 e. The lowest BCUT2D eigenvalue weighted by molar-refractivity contribution is 0.732. The second-order valence-corrected chi connectivity index (χ2v) is 3.91. The molecule has 0 saturated heterocycles. The van der Waals surface area contributed by atoms with Crippen molar-refractivity contribution in [2.24, 2.45) is 0 Å². The van der Waals surface area contributed by atoms with E-state index in [2.05, 4.69) is 31.2 Å². The fourth-order valence-corrected chi connectivity index (χ4v) is 1.39. The molecular formula is C13H23Cl. The predicted octanol–water partition coefficient (Wildman–Crippen LogP) is 5.09. The van der Waals surface area contributed by atoms with Crippen molar-refractivity contribution in [2.45, 2.75) is 51.9 Å². The van der Waals surface area contributed by atoms with Gasteiger partial charge in [-0.1, -0.05) is 50.5 Å². The van der Waals surface area contributed by atoms with Crippen LogP contribution >= 0.6 is 11.6 Å². The zero-order chi connectivity index (χ0) is 10.5. The highest BCUT2D eigenvalue weighted by Crippen LogP contribution is 2.02. The Morgan fingerprint density at radius 2 is 1.50 bits per heavy atom. The van der Waals surface area contributed by atoms with Crippen LogP contribution in [-0.4, -0.2) is 5.88 Å². The summed E-state index contributed by atoms with van der Waals surface area (Å²) in [6.45, 7) is 2.22. The Morgan fingerprint density at radius 3 is 2.07 bits per heavy atom. The maximum absolute atomic E-state index is 5.58. The summed E-state index contributed by atoms with van der Waals surface area (Å²) in [6, 6.07) is 0. The topological polar surface area (TPSA) is 0 Å². The molecule has 0 nitrogen and oxygen atoms in total. The van der Waals surface area contributed by atoms with Crippen LogP contribution in [0, 0.1) is 0 Å². The zero-order valence-electron chi connectivity index (χ0n) is 9.34. The Balaban J connectivity index is 3.14. The molecule has 0 N–H and O–H groups in total. The third-order valence-electron chi connectivity index (χ3n) is 2.11. The van der Waals surface area contributed by atoms with E-state index in [1.54, 1.807) is 0 Å². The third-order valence-corrected chi connectivity index (χ3v) is 2.38. The maximum atomic E-state index is 5.58. The molecule has 0 aliphatic heterocycles. The Kier molecular flexibility index (Phi) is 12.6. The van der Waals surface area contributed by atoms with E-state index in [1.807, 2.05) is 0 Å². The van der Waals surface area contributed by atoms with Crippen molar-refractivity contribution in [3.8, 4) is 0 Å². The maximum Gasteiger partial charge on any atom is 0.0223 e. The van der Waals surface area contributed by atoms with Gasteiger partial charge in [0.1, 0.15) is 0 Å². The minimum atomic E-state index is 0.806. The van der Waals surface area contributed by atoms with Crippen LogP contribution in [0.2, 0.25) is 0 Å². The molecule has 0 bridgehead atoms. The lowest BCUT2D eigenvalue weighted by atomic mass is 10.2. The minimum absolute atomic E-state index is 0.806. The molecule has 82 valence electrons. The number of allylic oxidation sites excluding steroid dienone is 4. The summed E-state index contributed by atoms with van der Waals surface area (Å²) in [7, 11) is 0. The fourth-order valence-electron chi connectivity index (χ4n) is 1.21. The molecule has 0 amide bonds. The smallest absolute Gasteiger partial charge is 0.0223 e. The summed E-state index contributed by atoms with van der Waals surface area (Å²) in [5, 5.41) is 0. The predicted molar refractivity (Wildman–Crippen MR) is 67.0 cm³/mol. The highest BCUT2D eigenvalue weighted by Gasteiger charge is 1.84. The molecule has 0 saturated carbocycles. The summed E-state index contributed by atoms with van der Waals surface area (Å²) >= 11 is 5.58. The molecule has 0 atom stereocenters. The van der Waals surface area contributed by atoms with E-state index in [9.17, 15) is 0 Å². The quantitative estimate of drug-likeness (QED) is 0.285. The molecule has 0 aromatic heterocycles. The second kappa shape index (κ2) is 12.8. The van der Waals surface area contributed by atoms with Gasteiger partial charge in [0, 0.05) is 5.88 Å². The molecule has 0 fully saturated rings. The van der Waals surface area contributed by atoms with Gasteiger partial charge in [0.05, 0.1) is 0 Å². The summed E-state index contributed by atoms with van der Waals surface area (Å²) in [5.41, 5.74) is 0. The molecule has 0 radical (unpaired) electrons. The molecule has 0 aliphatic carbocycles. The van der Waals surface area contributed by atoms with Gasteiger partial charge in [-0.3, -0.25) is 0 Å². The monoisotopic (exact) mass is 214 g/mol. The molecule has 0 unspecified atom stereocenters. The van der Waals surface area contributed by atoms with Gasteiger partial charge in [-0.2, -0.15) is 0 Å². The van der Waals surface area contributed by atoms with Crippen LogP contribution in [-0.2, 0) is 0 Å². The first kappa shape index (κ1) is 13.8. The van der Waals surface area contributed by atoms with Gasteiger partial charge in [0.2, 0.25) is 0 Å². The van der Waals surface area contributed by atoms with Crippen molar-refractivity contribution in [1.82, 2.24) is 0 Å². The van der Waals surface area contributed by atoms with E-state index >= 15 is 0 Å². The van der Waals surface area contributed by atoms with Crippen LogP contribution in [0.4, 0.5) is 0 Å². The average molecular weight is 215 g/mol. The minimum Gasteiger partial charge on any atom is -0.127 e. The third kappa shape index (κ3) is 11.8. The van der Waals surface area contributed by atoms with Gasteiger partial charge >= 0.3 is 0 Å². The first-order valence-corrected chi connectivity index (χ1v) is 6.33. The van der Waals surface area contributed by atoms with Gasteiger partial charge in [0.25, 0.3) is 0 Å². The summed E-state index contributed by atoms with van der Waals surface area (Å²) in [6.07, 6.45) is 17.5. The Morgan fingerprint density at radius 1 is 0.857 bits per heavy atom. The first-order valence-electron chi connectivity index (χ1n) is 5.79. The number of rotatable bonds is 9. The molecule has 0 aliphatic rings. The van der Waals surface area contributed by atoms with Crippen molar-refractivity contribution in [3.63, 3.8) is 0 Å². The molecule has 0 aromatic carbocycles. The van der Waals surface area contributed by atoms with Gasteiger partial charge in [-0.25, -0.2) is 0 Å². The molecule has 0 rings (SSSR count). The normalized spacial score (nSPS) is 11.9. The van der Waals surface area contributed by atoms with Gasteiger partial charge in [-0.15, -0.1) is 11.6 Å². The van der Waals surface area contributed by atoms with Gasteiger partial charge < -0.3 is 0 Å². The Bertz CT molecular complexity index is 147. The number of hydrogen-bond donors (Lipinski definition) is 0. The van der Waals surface area contributed by atoms with Crippen LogP contribution in [0.25, 0.3) is 0 Å². The van der Waals surface area contributed by atoms with Crippen LogP contribution < -0.4 is 0 Å². The van der Waals surface area contributed by atoms with Gasteiger partial charge in [0.15, 0.2) is 0 Å². The summed E-state index contributed by atoms with van der Waals surface area (Å²) in [4.78, 5) is 0. The number of unbranched alkanes of at least 4 members (excludes halogenated alkanes) is 5. The van der Waals surface area contributed by atoms with Crippen molar-refractivity contribution in [1.29, 1.82) is 0 Å². The SMILES string of the molecule is CCCC/C=C/C=C/CCCCCCl. The molecule has 0 spiro atoms. The van der Waals surface area contributed by atoms with Crippen LogP contribution in [0.1, 0.15) is 51.9 Å². The van der Waals surface area contributed by atoms with E-state index in [4.69, 9.17) is 11.6 Å². The second-order valence-electron chi connectivity index (χ2n) is 3.54. The molecular weight excluding hydrogens is 192 g/mol. The lowest BCUT2D eigenvalue weighted by Gasteiger charge is -1.92. The van der Waals surface area contributed by atoms with E-state index in [0.29, 0.717) is 0 Å². The standard InChI is InChI=1S/C13H23Cl/c1-2-3-4-5-6-7-8-9-10-11-12-13-14/h5-8H,2-4,9-13H2,1H3/b6-5+,8-7+. The number of alkyl halides is 1. The van der Waals surface area contributed by atoms with Crippen LogP contribution in [0.15, 0.2) is 24.3 Å². The fraction of sp³-hybridized carbons (Fsp3) is 0.692. The number of halogens is 1. The van der Waals surface area contributed by atoms with E-state index in [-0.39, 0.29) is 0 Å². The zero-order valence-corrected chi connectivity index (χ0v) is 10.1. The first-order chi connectivity index (χ1) is 6.91. The van der Waals surface area contributed by atoms with Crippen molar-refractivity contribution in [3.05, 3.63) is 24.3 Å². The van der Waals surface area contributed by atoms with Gasteiger partial charge in [-0.05, 0) is 25.7 Å². The molecule has 0 heterocycles. The van der Waals surface area contributed by atoms with Crippen LogP contribution in [0.5, 0.6) is 0 Å². The highest BCUT2D eigenvalue weighted by molar-refractivity contribution is 6.17. The van der Waals surface area contributed by atoms with E-state index in [0.717, 1.165) is 12.3 Å². The Labute approximate surface area is 94.0 Å². The van der Waals surface area contributed by atoms with E-state index < -0.39 is 0 Å². The van der Waals surface area contributed by atoms with Crippen LogP contribution in [0.3, 0.4) is 0 Å².